The molecule has 0 amide bonds. The molecule has 0 spiro atoms. The Labute approximate surface area is 189 Å². The predicted octanol–water partition coefficient (Wildman–Crippen LogP) is 5.30. The highest BCUT2D eigenvalue weighted by Crippen LogP contribution is 2.30. The first-order valence-electron chi connectivity index (χ1n) is 11.2. The highest BCUT2D eigenvalue weighted by atomic mass is 32.2. The van der Waals surface area contributed by atoms with E-state index < -0.39 is 21.2 Å². The van der Waals surface area contributed by atoms with Crippen molar-refractivity contribution in [3.8, 4) is 5.75 Å². The van der Waals surface area contributed by atoms with E-state index in [0.717, 1.165) is 25.7 Å². The van der Waals surface area contributed by atoms with Crippen LogP contribution in [-0.4, -0.2) is 30.7 Å². The maximum atomic E-state index is 13.9. The molecule has 170 valence electrons. The van der Waals surface area contributed by atoms with Gasteiger partial charge in [-0.25, -0.2) is 17.2 Å². The summed E-state index contributed by atoms with van der Waals surface area (Å²) in [7, 11) is -2.31. The second-order valence-electron chi connectivity index (χ2n) is 8.28. The van der Waals surface area contributed by atoms with Crippen molar-refractivity contribution >= 4 is 26.9 Å². The number of carbonyl (C=O) groups is 1. The Morgan fingerprint density at radius 1 is 0.969 bits per heavy atom. The van der Waals surface area contributed by atoms with Gasteiger partial charge in [-0.2, -0.15) is 0 Å². The number of hydrogen-bond donors (Lipinski definition) is 0. The number of methoxy groups -OCH3 is 1. The summed E-state index contributed by atoms with van der Waals surface area (Å²) >= 11 is 0. The van der Waals surface area contributed by atoms with Crippen LogP contribution in [0.3, 0.4) is 0 Å². The van der Waals surface area contributed by atoms with Gasteiger partial charge in [0.25, 0.3) is 0 Å². The summed E-state index contributed by atoms with van der Waals surface area (Å²) in [6.07, 6.45) is 6.50. The average molecular weight is 456 g/mol. The Morgan fingerprint density at radius 3 is 2.34 bits per heavy atom. The predicted molar refractivity (Wildman–Crippen MR) is 124 cm³/mol. The standard InChI is InChI=1S/C25H29NO5S/c1-30-25(27)19-14-15-24-20(16-19)17-21(18-31-22-10-6-5-7-11-22)26(24)32(28,29)23-12-8-3-2-4-9-13-23/h5-7,10-11,14-17,23H,2-4,8-9,12-13,18H2,1H3. The first-order chi connectivity index (χ1) is 15.5. The third kappa shape index (κ3) is 4.67. The molecule has 1 heterocycles. The highest BCUT2D eigenvalue weighted by molar-refractivity contribution is 7.90. The van der Waals surface area contributed by atoms with Gasteiger partial charge in [0.05, 0.1) is 29.1 Å². The van der Waals surface area contributed by atoms with Crippen LogP contribution >= 0.6 is 0 Å². The minimum absolute atomic E-state index is 0.109. The van der Waals surface area contributed by atoms with Gasteiger partial charge in [0.1, 0.15) is 12.4 Å². The van der Waals surface area contributed by atoms with Crippen LogP contribution in [0.25, 0.3) is 10.9 Å². The van der Waals surface area contributed by atoms with Gasteiger partial charge in [-0.15, -0.1) is 0 Å². The van der Waals surface area contributed by atoms with Crippen molar-refractivity contribution < 1.29 is 22.7 Å². The molecule has 1 fully saturated rings. The second kappa shape index (κ2) is 9.77. The number of carbonyl (C=O) groups excluding carboxylic acids is 1. The maximum absolute atomic E-state index is 13.9. The molecule has 1 aromatic heterocycles. The van der Waals surface area contributed by atoms with E-state index in [1.54, 1.807) is 24.3 Å². The van der Waals surface area contributed by atoms with Crippen molar-refractivity contribution in [1.82, 2.24) is 3.97 Å². The van der Waals surface area contributed by atoms with E-state index >= 15 is 0 Å². The molecule has 0 bridgehead atoms. The van der Waals surface area contributed by atoms with Crippen molar-refractivity contribution in [2.45, 2.75) is 56.8 Å². The summed E-state index contributed by atoms with van der Waals surface area (Å²) in [5, 5.41) is 0.253. The summed E-state index contributed by atoms with van der Waals surface area (Å²) in [6.45, 7) is 0.109. The molecule has 0 radical (unpaired) electrons. The topological polar surface area (TPSA) is 74.6 Å². The lowest BCUT2D eigenvalue weighted by molar-refractivity contribution is 0.0601. The summed E-state index contributed by atoms with van der Waals surface area (Å²) in [5.41, 5.74) is 1.50. The molecule has 1 aliphatic carbocycles. The minimum atomic E-state index is -3.64. The highest BCUT2D eigenvalue weighted by Gasteiger charge is 2.31. The lowest BCUT2D eigenvalue weighted by Gasteiger charge is -2.22. The number of nitrogens with zero attached hydrogens (tertiary/aromatic N) is 1. The van der Waals surface area contributed by atoms with Crippen molar-refractivity contribution in [3.63, 3.8) is 0 Å². The van der Waals surface area contributed by atoms with Crippen molar-refractivity contribution in [1.29, 1.82) is 0 Å². The number of esters is 1. The molecule has 4 rings (SSSR count). The van der Waals surface area contributed by atoms with E-state index in [1.165, 1.54) is 17.5 Å². The van der Waals surface area contributed by atoms with Gasteiger partial charge < -0.3 is 9.47 Å². The third-order valence-electron chi connectivity index (χ3n) is 6.11. The van der Waals surface area contributed by atoms with Gasteiger partial charge in [0, 0.05) is 5.39 Å². The van der Waals surface area contributed by atoms with Crippen molar-refractivity contribution in [2.75, 3.05) is 7.11 Å². The molecule has 32 heavy (non-hydrogen) atoms. The van der Waals surface area contributed by atoms with Crippen LogP contribution in [0, 0.1) is 0 Å². The van der Waals surface area contributed by atoms with Gasteiger partial charge in [-0.3, -0.25) is 0 Å². The minimum Gasteiger partial charge on any atom is -0.487 e. The van der Waals surface area contributed by atoms with Crippen molar-refractivity contribution in [3.05, 3.63) is 65.9 Å². The largest absolute Gasteiger partial charge is 0.487 e. The molecule has 0 saturated heterocycles. The zero-order valence-electron chi connectivity index (χ0n) is 18.3. The molecule has 1 saturated carbocycles. The average Bonchev–Trinajstić information content (AvgIpc) is 3.15. The summed E-state index contributed by atoms with van der Waals surface area (Å²) in [6, 6.07) is 16.1. The SMILES string of the molecule is COC(=O)c1ccc2c(c1)cc(COc1ccccc1)n2S(=O)(=O)C1CCCCCCC1. The fourth-order valence-electron chi connectivity index (χ4n) is 4.43. The molecule has 0 N–H and O–H groups in total. The number of benzene rings is 2. The van der Waals surface area contributed by atoms with Crippen LogP contribution in [0.5, 0.6) is 5.75 Å². The first kappa shape index (κ1) is 22.4. The monoisotopic (exact) mass is 455 g/mol. The molecule has 0 atom stereocenters. The van der Waals surface area contributed by atoms with E-state index in [9.17, 15) is 13.2 Å². The smallest absolute Gasteiger partial charge is 0.337 e. The van der Waals surface area contributed by atoms with Gasteiger partial charge >= 0.3 is 5.97 Å². The van der Waals surface area contributed by atoms with Gasteiger partial charge in [-0.1, -0.05) is 50.3 Å². The number of rotatable bonds is 6. The van der Waals surface area contributed by atoms with E-state index in [1.807, 2.05) is 30.3 Å². The van der Waals surface area contributed by atoms with E-state index in [-0.39, 0.29) is 6.61 Å². The molecule has 7 heteroatoms. The van der Waals surface area contributed by atoms with Crippen molar-refractivity contribution in [2.24, 2.45) is 0 Å². The number of hydrogen-bond acceptors (Lipinski definition) is 5. The summed E-state index contributed by atoms with van der Waals surface area (Å²) < 4.78 is 39.9. The van der Waals surface area contributed by atoms with Crippen LogP contribution < -0.4 is 4.74 Å². The van der Waals surface area contributed by atoms with Crippen LogP contribution in [0.1, 0.15) is 61.0 Å². The van der Waals surface area contributed by atoms with Gasteiger partial charge in [0.15, 0.2) is 0 Å². The fraction of sp³-hybridized carbons (Fsp3) is 0.400. The van der Waals surface area contributed by atoms with E-state index in [2.05, 4.69) is 0 Å². The number of aromatic nitrogens is 1. The molecule has 3 aromatic rings. The van der Waals surface area contributed by atoms with Crippen LogP contribution in [0.2, 0.25) is 0 Å². The molecule has 0 aliphatic heterocycles. The zero-order valence-corrected chi connectivity index (χ0v) is 19.1. The molecule has 2 aromatic carbocycles. The Balaban J connectivity index is 1.77. The van der Waals surface area contributed by atoms with E-state index in [0.29, 0.717) is 40.8 Å². The first-order valence-corrected chi connectivity index (χ1v) is 12.7. The summed E-state index contributed by atoms with van der Waals surface area (Å²) in [4.78, 5) is 12.0. The number of ether oxygens (including phenoxy) is 2. The number of para-hydroxylation sites is 1. The molecular weight excluding hydrogens is 426 g/mol. The van der Waals surface area contributed by atoms with Crippen LogP contribution in [0.15, 0.2) is 54.6 Å². The Bertz CT molecular complexity index is 1180. The normalized spacial score (nSPS) is 15.8. The molecular formula is C25H29NO5S. The second-order valence-corrected chi connectivity index (χ2v) is 10.3. The quantitative estimate of drug-likeness (QED) is 0.472. The Hall–Kier alpha value is -2.80. The number of fused-ring (bicyclic) bond motifs is 1. The lowest BCUT2D eigenvalue weighted by atomic mass is 10.0. The van der Waals surface area contributed by atoms with Crippen LogP contribution in [0.4, 0.5) is 0 Å². The van der Waals surface area contributed by atoms with Gasteiger partial charge in [0.2, 0.25) is 10.0 Å². The summed E-state index contributed by atoms with van der Waals surface area (Å²) in [5.74, 6) is 0.215. The lowest BCUT2D eigenvalue weighted by Crippen LogP contribution is -2.29. The third-order valence-corrected chi connectivity index (χ3v) is 8.36. The molecule has 1 aliphatic rings. The fourth-order valence-corrected chi connectivity index (χ4v) is 6.53. The Morgan fingerprint density at radius 2 is 1.66 bits per heavy atom. The molecule has 0 unspecified atom stereocenters. The molecule has 6 nitrogen and oxygen atoms in total. The van der Waals surface area contributed by atoms with E-state index in [4.69, 9.17) is 9.47 Å². The Kier molecular flexibility index (Phi) is 6.84. The zero-order chi connectivity index (χ0) is 22.6. The van der Waals surface area contributed by atoms with Crippen LogP contribution in [-0.2, 0) is 21.4 Å². The van der Waals surface area contributed by atoms with Gasteiger partial charge in [-0.05, 0) is 49.2 Å². The maximum Gasteiger partial charge on any atom is 0.337 e.